The zero-order valence-electron chi connectivity index (χ0n) is 13.7. The number of aryl methyl sites for hydroxylation is 1. The lowest BCUT2D eigenvalue weighted by Gasteiger charge is -2.21. The van der Waals surface area contributed by atoms with Gasteiger partial charge in [-0.25, -0.2) is 8.42 Å². The summed E-state index contributed by atoms with van der Waals surface area (Å²) in [5.74, 6) is -0.0578. The van der Waals surface area contributed by atoms with E-state index in [1.807, 2.05) is 6.07 Å². The third kappa shape index (κ3) is 3.55. The van der Waals surface area contributed by atoms with Crippen LogP contribution in [0.3, 0.4) is 0 Å². The molecule has 0 atom stereocenters. The molecule has 2 aromatic rings. The van der Waals surface area contributed by atoms with Crippen LogP contribution in [0.25, 0.3) is 0 Å². The van der Waals surface area contributed by atoms with Gasteiger partial charge in [-0.05, 0) is 47.9 Å². The molecule has 6 nitrogen and oxygen atoms in total. The van der Waals surface area contributed by atoms with E-state index >= 15 is 0 Å². The Morgan fingerprint density at radius 3 is 2.76 bits per heavy atom. The Hall–Kier alpha value is -2.69. The van der Waals surface area contributed by atoms with E-state index < -0.39 is 10.0 Å². The van der Waals surface area contributed by atoms with Gasteiger partial charge < -0.3 is 5.32 Å². The van der Waals surface area contributed by atoms with Crippen LogP contribution in [0.2, 0.25) is 0 Å². The number of amides is 1. The van der Waals surface area contributed by atoms with Gasteiger partial charge in [-0.3, -0.25) is 4.79 Å². The molecule has 128 valence electrons. The minimum Gasteiger partial charge on any atom is -0.326 e. The first-order valence-corrected chi connectivity index (χ1v) is 9.22. The van der Waals surface area contributed by atoms with Gasteiger partial charge in [0.05, 0.1) is 16.5 Å². The number of hydrogen-bond acceptors (Lipinski definition) is 4. The van der Waals surface area contributed by atoms with Crippen molar-refractivity contribution in [2.24, 2.45) is 0 Å². The fourth-order valence-electron chi connectivity index (χ4n) is 2.78. The topological polar surface area (TPSA) is 90.3 Å². The van der Waals surface area contributed by atoms with Crippen LogP contribution >= 0.6 is 0 Å². The van der Waals surface area contributed by atoms with E-state index in [2.05, 4.69) is 5.32 Å². The molecule has 1 aliphatic rings. The molecular weight excluding hydrogens is 338 g/mol. The van der Waals surface area contributed by atoms with Crippen LogP contribution in [0.4, 0.5) is 5.69 Å². The molecule has 0 bridgehead atoms. The van der Waals surface area contributed by atoms with Gasteiger partial charge in [0, 0.05) is 25.7 Å². The SMILES string of the molecule is CN(Cc1cccc(C#N)c1)S(=O)(=O)c1ccc2c(c1)CCC(=O)N2. The highest BCUT2D eigenvalue weighted by molar-refractivity contribution is 7.89. The first-order valence-electron chi connectivity index (χ1n) is 7.78. The number of carbonyl (C=O) groups excluding carboxylic acids is 1. The smallest absolute Gasteiger partial charge is 0.243 e. The van der Waals surface area contributed by atoms with Crippen molar-refractivity contribution in [3.8, 4) is 6.07 Å². The fraction of sp³-hybridized carbons (Fsp3) is 0.222. The highest BCUT2D eigenvalue weighted by Crippen LogP contribution is 2.27. The Labute approximate surface area is 146 Å². The van der Waals surface area contributed by atoms with Gasteiger partial charge in [-0.1, -0.05) is 12.1 Å². The van der Waals surface area contributed by atoms with E-state index in [1.165, 1.54) is 17.4 Å². The van der Waals surface area contributed by atoms with E-state index in [-0.39, 0.29) is 17.3 Å². The molecule has 1 N–H and O–H groups in total. The van der Waals surface area contributed by atoms with Crippen LogP contribution < -0.4 is 5.32 Å². The third-order valence-electron chi connectivity index (χ3n) is 4.14. The molecule has 0 radical (unpaired) electrons. The summed E-state index contributed by atoms with van der Waals surface area (Å²) in [6.07, 6.45) is 0.881. The van der Waals surface area contributed by atoms with Gasteiger partial charge in [0.25, 0.3) is 0 Å². The maximum atomic E-state index is 12.8. The second-order valence-corrected chi connectivity index (χ2v) is 7.99. The molecule has 0 aliphatic carbocycles. The maximum Gasteiger partial charge on any atom is 0.243 e. The second-order valence-electron chi connectivity index (χ2n) is 5.94. The zero-order valence-corrected chi connectivity index (χ0v) is 14.5. The number of nitrogens with one attached hydrogen (secondary N) is 1. The number of nitrogens with zero attached hydrogens (tertiary/aromatic N) is 2. The normalized spacial score (nSPS) is 13.9. The lowest BCUT2D eigenvalue weighted by atomic mass is 10.0. The molecule has 2 aromatic carbocycles. The van der Waals surface area contributed by atoms with Crippen LogP contribution in [0.15, 0.2) is 47.4 Å². The van der Waals surface area contributed by atoms with Crippen LogP contribution in [0, 0.1) is 11.3 Å². The van der Waals surface area contributed by atoms with Crippen LogP contribution in [-0.2, 0) is 27.8 Å². The molecule has 0 fully saturated rings. The average molecular weight is 355 g/mol. The van der Waals surface area contributed by atoms with E-state index in [0.29, 0.717) is 24.1 Å². The Kier molecular flexibility index (Phi) is 4.57. The number of hydrogen-bond donors (Lipinski definition) is 1. The number of carbonyl (C=O) groups is 1. The molecule has 3 rings (SSSR count). The molecule has 0 spiro atoms. The van der Waals surface area contributed by atoms with Crippen molar-refractivity contribution in [2.75, 3.05) is 12.4 Å². The van der Waals surface area contributed by atoms with Crippen molar-refractivity contribution in [2.45, 2.75) is 24.3 Å². The highest BCUT2D eigenvalue weighted by atomic mass is 32.2. The van der Waals surface area contributed by atoms with Crippen LogP contribution in [0.1, 0.15) is 23.1 Å². The predicted octanol–water partition coefficient (Wildman–Crippen LogP) is 2.26. The molecule has 0 unspecified atom stereocenters. The van der Waals surface area contributed by atoms with Gasteiger partial charge in [0.15, 0.2) is 0 Å². The Morgan fingerprint density at radius 2 is 2.00 bits per heavy atom. The number of benzene rings is 2. The minimum absolute atomic E-state index is 0.0578. The molecule has 7 heteroatoms. The van der Waals surface area contributed by atoms with Crippen LogP contribution in [-0.4, -0.2) is 25.7 Å². The summed E-state index contributed by atoms with van der Waals surface area (Å²) in [7, 11) is -2.16. The van der Waals surface area contributed by atoms with E-state index in [1.54, 1.807) is 36.4 Å². The first kappa shape index (κ1) is 17.1. The fourth-order valence-corrected chi connectivity index (χ4v) is 3.99. The van der Waals surface area contributed by atoms with Crippen molar-refractivity contribution < 1.29 is 13.2 Å². The Morgan fingerprint density at radius 1 is 1.20 bits per heavy atom. The molecule has 0 aromatic heterocycles. The molecule has 0 saturated heterocycles. The van der Waals surface area contributed by atoms with Gasteiger partial charge >= 0.3 is 0 Å². The Bertz CT molecular complexity index is 977. The average Bonchev–Trinajstić information content (AvgIpc) is 2.61. The number of fused-ring (bicyclic) bond motifs is 1. The van der Waals surface area contributed by atoms with Crippen LogP contribution in [0.5, 0.6) is 0 Å². The number of anilines is 1. The number of rotatable bonds is 4. The van der Waals surface area contributed by atoms with E-state index in [0.717, 1.165) is 11.1 Å². The maximum absolute atomic E-state index is 12.8. The molecular formula is C18H17N3O3S. The van der Waals surface area contributed by atoms with E-state index in [9.17, 15) is 13.2 Å². The van der Waals surface area contributed by atoms with E-state index in [4.69, 9.17) is 5.26 Å². The zero-order chi connectivity index (χ0) is 18.0. The molecule has 25 heavy (non-hydrogen) atoms. The molecule has 0 saturated carbocycles. The quantitative estimate of drug-likeness (QED) is 0.911. The summed E-state index contributed by atoms with van der Waals surface area (Å²) in [6, 6.07) is 13.7. The van der Waals surface area contributed by atoms with Gasteiger partial charge in [-0.15, -0.1) is 0 Å². The number of nitriles is 1. The summed E-state index contributed by atoms with van der Waals surface area (Å²) in [4.78, 5) is 11.6. The molecule has 1 amide bonds. The molecule has 1 aliphatic heterocycles. The van der Waals surface area contributed by atoms with Crippen molar-refractivity contribution >= 4 is 21.6 Å². The summed E-state index contributed by atoms with van der Waals surface area (Å²) in [6.45, 7) is 0.172. The monoisotopic (exact) mass is 355 g/mol. The van der Waals surface area contributed by atoms with Gasteiger partial charge in [0.1, 0.15) is 0 Å². The predicted molar refractivity (Wildman–Crippen MR) is 93.2 cm³/mol. The summed E-state index contributed by atoms with van der Waals surface area (Å²) in [5, 5.41) is 11.7. The lowest BCUT2D eigenvalue weighted by molar-refractivity contribution is -0.116. The van der Waals surface area contributed by atoms with Crippen molar-refractivity contribution in [3.63, 3.8) is 0 Å². The minimum atomic E-state index is -3.67. The highest BCUT2D eigenvalue weighted by Gasteiger charge is 2.23. The van der Waals surface area contributed by atoms with Gasteiger partial charge in [0.2, 0.25) is 15.9 Å². The largest absolute Gasteiger partial charge is 0.326 e. The third-order valence-corrected chi connectivity index (χ3v) is 5.94. The standard InChI is InChI=1S/C18H17N3O3S/c1-21(12-14-4-2-3-13(9-14)11-19)25(23,24)16-6-7-17-15(10-16)5-8-18(22)20-17/h2-4,6-7,9-10H,5,8,12H2,1H3,(H,20,22). The van der Waals surface area contributed by atoms with Crippen molar-refractivity contribution in [1.29, 1.82) is 5.26 Å². The molecule has 1 heterocycles. The summed E-state index contributed by atoms with van der Waals surface area (Å²) >= 11 is 0. The van der Waals surface area contributed by atoms with Crippen molar-refractivity contribution in [1.82, 2.24) is 4.31 Å². The number of sulfonamides is 1. The summed E-state index contributed by atoms with van der Waals surface area (Å²) < 4.78 is 26.9. The first-order chi connectivity index (χ1) is 11.9. The second kappa shape index (κ2) is 6.67. The lowest BCUT2D eigenvalue weighted by Crippen LogP contribution is -2.27. The Balaban J connectivity index is 1.85. The summed E-state index contributed by atoms with van der Waals surface area (Å²) in [5.41, 5.74) is 2.73. The van der Waals surface area contributed by atoms with Crippen molar-refractivity contribution in [3.05, 3.63) is 59.2 Å². The van der Waals surface area contributed by atoms with Gasteiger partial charge in [-0.2, -0.15) is 9.57 Å².